The first kappa shape index (κ1) is 40.6. The van der Waals surface area contributed by atoms with Gasteiger partial charge in [-0.3, -0.25) is 23.8 Å². The van der Waals surface area contributed by atoms with E-state index in [9.17, 15) is 9.59 Å². The number of aromatic amines is 1. The lowest BCUT2D eigenvalue weighted by atomic mass is 10.1. The van der Waals surface area contributed by atoms with Crippen molar-refractivity contribution in [2.75, 3.05) is 85.5 Å². The van der Waals surface area contributed by atoms with Gasteiger partial charge in [0.2, 0.25) is 11.9 Å². The van der Waals surface area contributed by atoms with Crippen molar-refractivity contribution < 1.29 is 43.4 Å². The van der Waals surface area contributed by atoms with Crippen molar-refractivity contribution in [1.29, 1.82) is 0 Å². The van der Waals surface area contributed by atoms with Crippen LogP contribution >= 0.6 is 0 Å². The fourth-order valence-corrected chi connectivity index (χ4v) is 3.66. The summed E-state index contributed by atoms with van der Waals surface area (Å²) in [5.41, 5.74) is 6.27. The molecule has 48 heavy (non-hydrogen) atoms. The smallest absolute Gasteiger partial charge is 0.280 e. The minimum Gasteiger partial charge on any atom is -0.394 e. The summed E-state index contributed by atoms with van der Waals surface area (Å²) in [6, 6.07) is 0. The number of fused-ring (bicyclic) bond motifs is 1. The molecule has 0 spiro atoms. The van der Waals surface area contributed by atoms with Gasteiger partial charge in [-0.05, 0) is 12.3 Å². The maximum atomic E-state index is 11.5. The van der Waals surface area contributed by atoms with Crippen molar-refractivity contribution in [2.24, 2.45) is 5.92 Å². The monoisotopic (exact) mass is 685 g/mol. The number of carbonyl (C=O) groups excluding carboxylic acids is 1. The number of rotatable bonds is 25. The van der Waals surface area contributed by atoms with E-state index in [0.717, 1.165) is 18.7 Å². The molecule has 0 unspecified atom stereocenters. The Morgan fingerprint density at radius 2 is 1.58 bits per heavy atom. The number of aryl methyl sites for hydroxylation is 1. The third kappa shape index (κ3) is 17.0. The van der Waals surface area contributed by atoms with Gasteiger partial charge in [0.15, 0.2) is 11.2 Å². The summed E-state index contributed by atoms with van der Waals surface area (Å²) in [6.45, 7) is 9.47. The number of H-pyrrole nitrogens is 1. The first-order valence-corrected chi connectivity index (χ1v) is 15.8. The molecular weight excluding hydrogens is 634 g/mol. The van der Waals surface area contributed by atoms with Crippen LogP contribution in [0.1, 0.15) is 32.4 Å². The van der Waals surface area contributed by atoms with E-state index in [0.29, 0.717) is 78.4 Å². The average molecular weight is 686 g/mol. The number of carbonyl (C=O) groups is 1. The Bertz CT molecular complexity index is 1330. The SMILES string of the molecule is CNC(=O)CCOCCOCCOCCOCCOCc1cn(CCC(C)C)nn1.Nc1nc2c(ncn2COC(CO)CO)c(=O)[nH]1. The van der Waals surface area contributed by atoms with Crippen LogP contribution in [0.25, 0.3) is 11.2 Å². The normalized spacial score (nSPS) is 11.4. The molecule has 1 amide bonds. The fraction of sp³-hybridized carbons (Fsp3) is 0.724. The van der Waals surface area contributed by atoms with Crippen molar-refractivity contribution in [3.8, 4) is 0 Å². The molecule has 0 bridgehead atoms. The van der Waals surface area contributed by atoms with Crippen LogP contribution in [0.2, 0.25) is 0 Å². The molecule has 0 fully saturated rings. The van der Waals surface area contributed by atoms with Gasteiger partial charge in [-0.1, -0.05) is 19.1 Å². The quantitative estimate of drug-likeness (QED) is 0.0677. The molecule has 19 heteroatoms. The number of ether oxygens (including phenoxy) is 6. The molecule has 0 aliphatic carbocycles. The molecule has 0 aliphatic heterocycles. The van der Waals surface area contributed by atoms with Crippen LogP contribution in [-0.4, -0.2) is 136 Å². The van der Waals surface area contributed by atoms with E-state index in [4.69, 9.17) is 44.4 Å². The van der Waals surface area contributed by atoms with E-state index >= 15 is 0 Å². The van der Waals surface area contributed by atoms with E-state index in [2.05, 4.69) is 44.4 Å². The average Bonchev–Trinajstić information content (AvgIpc) is 3.71. The highest BCUT2D eigenvalue weighted by molar-refractivity contribution is 5.75. The molecule has 3 aromatic rings. The molecule has 272 valence electrons. The fourth-order valence-electron chi connectivity index (χ4n) is 3.66. The third-order valence-corrected chi connectivity index (χ3v) is 6.36. The van der Waals surface area contributed by atoms with Crippen molar-refractivity contribution in [3.63, 3.8) is 0 Å². The molecule has 0 radical (unpaired) electrons. The number of nitrogens with zero attached hydrogens (tertiary/aromatic N) is 6. The number of aromatic nitrogens is 7. The third-order valence-electron chi connectivity index (χ3n) is 6.36. The Kier molecular flexibility index (Phi) is 20.8. The lowest BCUT2D eigenvalue weighted by Gasteiger charge is -2.12. The van der Waals surface area contributed by atoms with E-state index < -0.39 is 11.7 Å². The number of nitrogen functional groups attached to an aromatic ring is 1. The van der Waals surface area contributed by atoms with Gasteiger partial charge in [0.1, 0.15) is 18.5 Å². The van der Waals surface area contributed by atoms with Crippen molar-refractivity contribution >= 4 is 23.0 Å². The molecule has 0 saturated heterocycles. The van der Waals surface area contributed by atoms with E-state index in [1.165, 1.54) is 10.9 Å². The Hall–Kier alpha value is -3.56. The van der Waals surface area contributed by atoms with E-state index in [-0.39, 0.29) is 43.0 Å². The molecule has 3 rings (SSSR count). The molecular formula is C29H51N9O10. The van der Waals surface area contributed by atoms with E-state index in [1.54, 1.807) is 7.05 Å². The van der Waals surface area contributed by atoms with Gasteiger partial charge in [-0.15, -0.1) is 5.10 Å². The summed E-state index contributed by atoms with van der Waals surface area (Å²) in [7, 11) is 1.61. The van der Waals surface area contributed by atoms with Crippen molar-refractivity contribution in [2.45, 2.75) is 52.7 Å². The number of hydrogen-bond donors (Lipinski definition) is 5. The highest BCUT2D eigenvalue weighted by Gasteiger charge is 2.11. The van der Waals surface area contributed by atoms with Crippen LogP contribution in [0.5, 0.6) is 0 Å². The Morgan fingerprint density at radius 3 is 2.17 bits per heavy atom. The first-order chi connectivity index (χ1) is 23.3. The second-order valence-corrected chi connectivity index (χ2v) is 10.7. The van der Waals surface area contributed by atoms with Crippen LogP contribution in [0.3, 0.4) is 0 Å². The molecule has 0 aliphatic rings. The highest BCUT2D eigenvalue weighted by Crippen LogP contribution is 2.07. The van der Waals surface area contributed by atoms with Crippen LogP contribution in [0.15, 0.2) is 17.3 Å². The van der Waals surface area contributed by atoms with Crippen LogP contribution in [0, 0.1) is 5.92 Å². The van der Waals surface area contributed by atoms with Gasteiger partial charge < -0.3 is 49.7 Å². The van der Waals surface area contributed by atoms with Gasteiger partial charge in [-0.25, -0.2) is 4.98 Å². The Labute approximate surface area is 279 Å². The van der Waals surface area contributed by atoms with Crippen LogP contribution < -0.4 is 16.6 Å². The van der Waals surface area contributed by atoms with Gasteiger partial charge in [0.25, 0.3) is 5.56 Å². The van der Waals surface area contributed by atoms with Gasteiger partial charge in [0, 0.05) is 20.0 Å². The summed E-state index contributed by atoms with van der Waals surface area (Å²) >= 11 is 0. The predicted octanol–water partition coefficient (Wildman–Crippen LogP) is -0.928. The summed E-state index contributed by atoms with van der Waals surface area (Å²) in [6.07, 6.45) is 4.06. The molecule has 6 N–H and O–H groups in total. The number of aliphatic hydroxyl groups excluding tert-OH is 2. The number of nitrogens with one attached hydrogen (secondary N) is 2. The zero-order chi connectivity index (χ0) is 35.0. The summed E-state index contributed by atoms with van der Waals surface area (Å²) in [4.78, 5) is 32.6. The largest absolute Gasteiger partial charge is 0.394 e. The number of aliphatic hydroxyl groups is 2. The number of amides is 1. The topological polar surface area (TPSA) is 245 Å². The molecule has 3 heterocycles. The van der Waals surface area contributed by atoms with Gasteiger partial charge in [-0.2, -0.15) is 4.98 Å². The molecule has 0 atom stereocenters. The number of imidazole rings is 1. The highest BCUT2D eigenvalue weighted by atomic mass is 16.6. The molecule has 19 nitrogen and oxygen atoms in total. The minimum absolute atomic E-state index is 0.00181. The lowest BCUT2D eigenvalue weighted by Crippen LogP contribution is -2.23. The molecule has 0 saturated carbocycles. The Balaban J connectivity index is 0.000000376. The predicted molar refractivity (Wildman–Crippen MR) is 173 cm³/mol. The zero-order valence-corrected chi connectivity index (χ0v) is 28.0. The number of nitrogens with two attached hydrogens (primary N) is 1. The summed E-state index contributed by atoms with van der Waals surface area (Å²) < 4.78 is 35.6. The van der Waals surface area contributed by atoms with Gasteiger partial charge in [0.05, 0.1) is 91.8 Å². The standard InChI is InChI=1S/C20H38N4O6.C9H13N5O4/c1-18(2)4-6-24-16-19(22-23-24)17-30-15-14-29-13-12-28-11-10-27-9-8-26-7-5-20(25)21-3;10-9-12-7-6(8(17)13-9)11-3-14(7)4-18-5(1-15)2-16/h16,18H,4-15,17H2,1-3H3,(H,21,25);3,5,15-16H,1-2,4H2,(H3,10,12,13,17). The second-order valence-electron chi connectivity index (χ2n) is 10.7. The molecule has 3 aromatic heterocycles. The maximum Gasteiger partial charge on any atom is 0.280 e. The Morgan fingerprint density at radius 1 is 0.979 bits per heavy atom. The first-order valence-electron chi connectivity index (χ1n) is 15.8. The van der Waals surface area contributed by atoms with Crippen molar-refractivity contribution in [3.05, 3.63) is 28.6 Å². The van der Waals surface area contributed by atoms with Gasteiger partial charge >= 0.3 is 0 Å². The minimum atomic E-state index is -0.693. The summed E-state index contributed by atoms with van der Waals surface area (Å²) in [5, 5.41) is 28.4. The maximum absolute atomic E-state index is 11.5. The number of anilines is 1. The number of hydrogen-bond acceptors (Lipinski definition) is 15. The molecule has 0 aromatic carbocycles. The van der Waals surface area contributed by atoms with Crippen LogP contribution in [-0.2, 0) is 53.1 Å². The van der Waals surface area contributed by atoms with E-state index in [1.807, 2.05) is 10.9 Å². The second kappa shape index (κ2) is 24.6. The van der Waals surface area contributed by atoms with Crippen LogP contribution in [0.4, 0.5) is 5.95 Å². The lowest BCUT2D eigenvalue weighted by molar-refractivity contribution is -0.121. The van der Waals surface area contributed by atoms with Crippen molar-refractivity contribution in [1.82, 2.24) is 39.8 Å². The zero-order valence-electron chi connectivity index (χ0n) is 28.0. The summed E-state index contributed by atoms with van der Waals surface area (Å²) in [5.74, 6) is 0.601.